The third-order valence-electron chi connectivity index (χ3n) is 6.81. The van der Waals surface area contributed by atoms with Crippen molar-refractivity contribution in [3.63, 3.8) is 0 Å². The van der Waals surface area contributed by atoms with Crippen molar-refractivity contribution in [2.45, 2.75) is 63.3 Å². The molecule has 5 nitrogen and oxygen atoms in total. The number of hydrogen-bond donors (Lipinski definition) is 3. The molecule has 5 heteroatoms. The number of amides is 1. The van der Waals surface area contributed by atoms with E-state index in [4.69, 9.17) is 0 Å². The summed E-state index contributed by atoms with van der Waals surface area (Å²) in [5.74, 6) is 0.377. The number of phenols is 1. The molecule has 1 amide bonds. The van der Waals surface area contributed by atoms with Gasteiger partial charge in [-0.15, -0.1) is 0 Å². The Kier molecular flexibility index (Phi) is 6.11. The summed E-state index contributed by atoms with van der Waals surface area (Å²) in [5.41, 5.74) is 0.898. The molecule has 1 aliphatic heterocycles. The van der Waals surface area contributed by atoms with E-state index in [9.17, 15) is 15.0 Å². The second-order valence-electron chi connectivity index (χ2n) is 9.03. The minimum absolute atomic E-state index is 0.0470. The highest BCUT2D eigenvalue weighted by atomic mass is 16.3. The highest BCUT2D eigenvalue weighted by Crippen LogP contribution is 2.39. The second-order valence-corrected chi connectivity index (χ2v) is 9.03. The number of phenolic OH excluding ortho intramolecular Hbond substituents is 1. The van der Waals surface area contributed by atoms with Gasteiger partial charge in [0, 0.05) is 24.6 Å². The number of piperidine rings is 1. The molecule has 160 valence electrons. The Hall–Kier alpha value is -2.37. The van der Waals surface area contributed by atoms with Gasteiger partial charge in [-0.05, 0) is 37.8 Å². The molecule has 1 saturated carbocycles. The standard InChI is InChI=1S/C25H32N2O3/c1-25(30)15-16-27(17-20-13-7-8-14-21(20)28)22(18-9-3-2-4-10-18)23(25)26-24(29)19-11-5-6-12-19/h2-4,7-10,13-14,19,22-23,28,30H,5-6,11-12,15-17H2,1H3,(H,26,29). The first kappa shape index (κ1) is 20.9. The molecule has 3 unspecified atom stereocenters. The number of aliphatic hydroxyl groups is 1. The van der Waals surface area contributed by atoms with Crippen molar-refractivity contribution in [1.29, 1.82) is 0 Å². The number of nitrogens with zero attached hydrogens (tertiary/aromatic N) is 1. The van der Waals surface area contributed by atoms with E-state index >= 15 is 0 Å². The number of aromatic hydroxyl groups is 1. The first-order valence-corrected chi connectivity index (χ1v) is 11.0. The lowest BCUT2D eigenvalue weighted by Crippen LogP contribution is -2.62. The highest BCUT2D eigenvalue weighted by molar-refractivity contribution is 5.79. The van der Waals surface area contributed by atoms with E-state index in [1.54, 1.807) is 6.07 Å². The number of likely N-dealkylation sites (tertiary alicyclic amines) is 1. The molecule has 0 aromatic heterocycles. The molecule has 2 aromatic rings. The number of nitrogens with one attached hydrogen (secondary N) is 1. The molecule has 2 aromatic carbocycles. The van der Waals surface area contributed by atoms with Crippen LogP contribution in [0.5, 0.6) is 5.75 Å². The first-order chi connectivity index (χ1) is 14.5. The van der Waals surface area contributed by atoms with E-state index in [-0.39, 0.29) is 23.6 Å². The third-order valence-corrected chi connectivity index (χ3v) is 6.81. The third kappa shape index (κ3) is 4.37. The van der Waals surface area contributed by atoms with Crippen LogP contribution in [0.4, 0.5) is 0 Å². The number of hydrogen-bond acceptors (Lipinski definition) is 4. The van der Waals surface area contributed by atoms with Gasteiger partial charge < -0.3 is 15.5 Å². The summed E-state index contributed by atoms with van der Waals surface area (Å²) < 4.78 is 0. The fourth-order valence-electron chi connectivity index (χ4n) is 5.00. The van der Waals surface area contributed by atoms with E-state index in [2.05, 4.69) is 22.3 Å². The molecule has 1 heterocycles. The van der Waals surface area contributed by atoms with Gasteiger partial charge in [-0.2, -0.15) is 0 Å². The van der Waals surface area contributed by atoms with Crippen LogP contribution in [0, 0.1) is 5.92 Å². The van der Waals surface area contributed by atoms with Gasteiger partial charge in [-0.25, -0.2) is 0 Å². The van der Waals surface area contributed by atoms with Gasteiger partial charge in [0.25, 0.3) is 0 Å². The van der Waals surface area contributed by atoms with Gasteiger partial charge in [-0.3, -0.25) is 9.69 Å². The lowest BCUT2D eigenvalue weighted by Gasteiger charge is -2.49. The van der Waals surface area contributed by atoms with E-state index in [1.165, 1.54) is 0 Å². The average molecular weight is 409 g/mol. The molecule has 2 fully saturated rings. The number of para-hydroxylation sites is 1. The normalized spacial score (nSPS) is 27.8. The van der Waals surface area contributed by atoms with Crippen LogP contribution < -0.4 is 5.32 Å². The fraction of sp³-hybridized carbons (Fsp3) is 0.480. The highest BCUT2D eigenvalue weighted by Gasteiger charge is 2.46. The predicted octanol–water partition coefficient (Wildman–Crippen LogP) is 3.77. The van der Waals surface area contributed by atoms with Crippen molar-refractivity contribution >= 4 is 5.91 Å². The Morgan fingerprint density at radius 3 is 2.47 bits per heavy atom. The smallest absolute Gasteiger partial charge is 0.223 e. The number of carbonyl (C=O) groups is 1. The summed E-state index contributed by atoms with van der Waals surface area (Å²) in [6.07, 6.45) is 4.61. The van der Waals surface area contributed by atoms with E-state index in [0.29, 0.717) is 19.5 Å². The molecule has 2 aliphatic rings. The lowest BCUT2D eigenvalue weighted by molar-refractivity contribution is -0.132. The van der Waals surface area contributed by atoms with E-state index < -0.39 is 11.6 Å². The molecule has 1 aliphatic carbocycles. The minimum Gasteiger partial charge on any atom is -0.508 e. The predicted molar refractivity (Wildman–Crippen MR) is 117 cm³/mol. The van der Waals surface area contributed by atoms with Crippen LogP contribution in [0.25, 0.3) is 0 Å². The Balaban J connectivity index is 1.66. The molecule has 0 radical (unpaired) electrons. The van der Waals surface area contributed by atoms with Crippen LogP contribution in [0.3, 0.4) is 0 Å². The Morgan fingerprint density at radius 1 is 1.10 bits per heavy atom. The zero-order valence-electron chi connectivity index (χ0n) is 17.6. The van der Waals surface area contributed by atoms with Gasteiger partial charge >= 0.3 is 0 Å². The average Bonchev–Trinajstić information content (AvgIpc) is 3.28. The van der Waals surface area contributed by atoms with Gasteiger partial charge in [0.05, 0.1) is 17.7 Å². The van der Waals surface area contributed by atoms with Crippen LogP contribution >= 0.6 is 0 Å². The molecule has 3 atom stereocenters. The van der Waals surface area contributed by atoms with Crippen LogP contribution in [0.15, 0.2) is 54.6 Å². The zero-order chi connectivity index (χ0) is 21.1. The van der Waals surface area contributed by atoms with Crippen molar-refractivity contribution in [3.8, 4) is 5.75 Å². The lowest BCUT2D eigenvalue weighted by atomic mass is 9.79. The molecule has 0 spiro atoms. The fourth-order valence-corrected chi connectivity index (χ4v) is 5.00. The maximum Gasteiger partial charge on any atom is 0.223 e. The van der Waals surface area contributed by atoms with Gasteiger partial charge in [0.2, 0.25) is 5.91 Å². The van der Waals surface area contributed by atoms with E-state index in [0.717, 1.165) is 36.8 Å². The minimum atomic E-state index is -1.01. The van der Waals surface area contributed by atoms with Crippen LogP contribution in [0.2, 0.25) is 0 Å². The van der Waals surface area contributed by atoms with Gasteiger partial charge in [-0.1, -0.05) is 61.4 Å². The van der Waals surface area contributed by atoms with Crippen LogP contribution in [-0.4, -0.2) is 39.2 Å². The van der Waals surface area contributed by atoms with Gasteiger partial charge in [0.1, 0.15) is 5.75 Å². The second kappa shape index (κ2) is 8.78. The quantitative estimate of drug-likeness (QED) is 0.704. The van der Waals surface area contributed by atoms with Crippen molar-refractivity contribution in [2.75, 3.05) is 6.54 Å². The summed E-state index contributed by atoms with van der Waals surface area (Å²) in [4.78, 5) is 15.3. The number of benzene rings is 2. The largest absolute Gasteiger partial charge is 0.508 e. The monoisotopic (exact) mass is 408 g/mol. The Morgan fingerprint density at radius 2 is 1.77 bits per heavy atom. The first-order valence-electron chi connectivity index (χ1n) is 11.0. The maximum absolute atomic E-state index is 13.0. The summed E-state index contributed by atoms with van der Waals surface area (Å²) in [6, 6.07) is 16.8. The molecule has 30 heavy (non-hydrogen) atoms. The van der Waals surface area contributed by atoms with Crippen molar-refractivity contribution in [1.82, 2.24) is 10.2 Å². The van der Waals surface area contributed by atoms with Crippen molar-refractivity contribution in [2.24, 2.45) is 5.92 Å². The Labute approximate surface area is 178 Å². The molecular formula is C25H32N2O3. The van der Waals surface area contributed by atoms with Crippen molar-refractivity contribution < 1.29 is 15.0 Å². The molecule has 3 N–H and O–H groups in total. The summed E-state index contributed by atoms with van der Waals surface area (Å²) in [7, 11) is 0. The zero-order valence-corrected chi connectivity index (χ0v) is 17.6. The van der Waals surface area contributed by atoms with Crippen molar-refractivity contribution in [3.05, 3.63) is 65.7 Å². The molecule has 4 rings (SSSR count). The number of carbonyl (C=O) groups excluding carboxylic acids is 1. The summed E-state index contributed by atoms with van der Waals surface area (Å²) >= 11 is 0. The van der Waals surface area contributed by atoms with E-state index in [1.807, 2.05) is 43.3 Å². The van der Waals surface area contributed by atoms with Crippen LogP contribution in [0.1, 0.15) is 56.2 Å². The van der Waals surface area contributed by atoms with Gasteiger partial charge in [0.15, 0.2) is 0 Å². The molecule has 0 bridgehead atoms. The molecular weight excluding hydrogens is 376 g/mol. The topological polar surface area (TPSA) is 72.8 Å². The summed E-state index contributed by atoms with van der Waals surface area (Å²) in [5, 5.41) is 24.9. The summed E-state index contributed by atoms with van der Waals surface area (Å²) in [6.45, 7) is 3.06. The maximum atomic E-state index is 13.0. The number of rotatable bonds is 5. The van der Waals surface area contributed by atoms with Crippen LogP contribution in [-0.2, 0) is 11.3 Å². The Bertz CT molecular complexity index is 862. The SMILES string of the molecule is CC1(O)CCN(Cc2ccccc2O)C(c2ccccc2)C1NC(=O)C1CCCC1. The molecule has 1 saturated heterocycles.